The van der Waals surface area contributed by atoms with Crippen LogP contribution in [0.4, 0.5) is 0 Å². The van der Waals surface area contributed by atoms with Crippen molar-refractivity contribution in [1.29, 1.82) is 0 Å². The van der Waals surface area contributed by atoms with Crippen molar-refractivity contribution in [2.45, 2.75) is 45.1 Å². The average Bonchev–Trinajstić information content (AvgIpc) is 2.96. The Kier molecular flexibility index (Phi) is 4.80. The van der Waals surface area contributed by atoms with Crippen LogP contribution in [0.3, 0.4) is 0 Å². The average molecular weight is 268 g/mol. The van der Waals surface area contributed by atoms with Crippen LogP contribution in [0.2, 0.25) is 0 Å². The minimum Gasteiger partial charge on any atom is -0.481 e. The van der Waals surface area contributed by atoms with Crippen LogP contribution < -0.4 is 10.6 Å². The molecule has 2 rings (SSSR count). The van der Waals surface area contributed by atoms with Crippen LogP contribution in [0.5, 0.6) is 0 Å². The lowest BCUT2D eigenvalue weighted by molar-refractivity contribution is -0.137. The minimum absolute atomic E-state index is 0.0272. The Morgan fingerprint density at radius 3 is 2.68 bits per heavy atom. The maximum absolute atomic E-state index is 11.7. The number of carbonyl (C=O) groups is 2. The Morgan fingerprint density at radius 1 is 1.32 bits per heavy atom. The second-order valence-corrected chi connectivity index (χ2v) is 6.02. The van der Waals surface area contributed by atoms with E-state index in [0.29, 0.717) is 12.5 Å². The molecule has 4 atom stereocenters. The molecule has 2 bridgehead atoms. The first kappa shape index (κ1) is 14.3. The molecule has 2 fully saturated rings. The van der Waals surface area contributed by atoms with Crippen LogP contribution in [-0.4, -0.2) is 36.1 Å². The van der Waals surface area contributed by atoms with Gasteiger partial charge in [-0.25, -0.2) is 0 Å². The molecular formula is C14H24N2O3. The largest absolute Gasteiger partial charge is 0.481 e. The summed E-state index contributed by atoms with van der Waals surface area (Å²) < 4.78 is 0. The zero-order chi connectivity index (χ0) is 13.8. The predicted octanol–water partition coefficient (Wildman–Crippen LogP) is 0.992. The molecule has 0 spiro atoms. The molecule has 0 aliphatic heterocycles. The summed E-state index contributed by atoms with van der Waals surface area (Å²) in [6, 6.07) is 0.240. The number of carbonyl (C=O) groups excluding carboxylic acids is 1. The zero-order valence-corrected chi connectivity index (χ0v) is 11.5. The van der Waals surface area contributed by atoms with Crippen LogP contribution in [0.25, 0.3) is 0 Å². The molecule has 5 heteroatoms. The van der Waals surface area contributed by atoms with Crippen molar-refractivity contribution in [2.75, 3.05) is 13.1 Å². The van der Waals surface area contributed by atoms with E-state index in [1.165, 1.54) is 25.7 Å². The van der Waals surface area contributed by atoms with Gasteiger partial charge < -0.3 is 15.7 Å². The molecule has 19 heavy (non-hydrogen) atoms. The van der Waals surface area contributed by atoms with Gasteiger partial charge in [0, 0.05) is 12.6 Å². The number of carboxylic acids is 1. The number of nitrogens with one attached hydrogen (secondary N) is 2. The highest BCUT2D eigenvalue weighted by Gasteiger charge is 2.41. The van der Waals surface area contributed by atoms with E-state index in [1.807, 2.05) is 0 Å². The summed E-state index contributed by atoms with van der Waals surface area (Å²) in [5, 5.41) is 14.4. The summed E-state index contributed by atoms with van der Waals surface area (Å²) in [4.78, 5) is 22.1. The van der Waals surface area contributed by atoms with Crippen molar-refractivity contribution < 1.29 is 14.7 Å². The molecule has 0 aromatic heterocycles. The van der Waals surface area contributed by atoms with Gasteiger partial charge in [0.1, 0.15) is 0 Å². The summed E-state index contributed by atoms with van der Waals surface area (Å²) in [6.07, 6.45) is 5.36. The Morgan fingerprint density at radius 2 is 2.11 bits per heavy atom. The number of carboxylic acid groups (broad SMARTS) is 1. The lowest BCUT2D eigenvalue weighted by atomic mass is 9.84. The van der Waals surface area contributed by atoms with Crippen molar-refractivity contribution in [3.05, 3.63) is 0 Å². The molecule has 2 aliphatic carbocycles. The van der Waals surface area contributed by atoms with Gasteiger partial charge in [-0.3, -0.25) is 9.59 Å². The molecule has 108 valence electrons. The normalized spacial score (nSPS) is 30.3. The molecule has 2 saturated carbocycles. The fourth-order valence-electron chi connectivity index (χ4n) is 3.72. The zero-order valence-electron chi connectivity index (χ0n) is 11.5. The molecule has 5 nitrogen and oxygen atoms in total. The van der Waals surface area contributed by atoms with E-state index in [-0.39, 0.29) is 24.9 Å². The third kappa shape index (κ3) is 3.93. The van der Waals surface area contributed by atoms with E-state index in [0.717, 1.165) is 11.8 Å². The number of amides is 1. The molecular weight excluding hydrogens is 244 g/mol. The van der Waals surface area contributed by atoms with Crippen LogP contribution in [0.1, 0.15) is 39.0 Å². The van der Waals surface area contributed by atoms with Gasteiger partial charge in [-0.15, -0.1) is 0 Å². The smallest absolute Gasteiger partial charge is 0.304 e. The third-order valence-electron chi connectivity index (χ3n) is 4.62. The van der Waals surface area contributed by atoms with Crippen LogP contribution in [-0.2, 0) is 9.59 Å². The van der Waals surface area contributed by atoms with Gasteiger partial charge in [0.05, 0.1) is 13.0 Å². The summed E-state index contributed by atoms with van der Waals surface area (Å²) >= 11 is 0. The van der Waals surface area contributed by atoms with Gasteiger partial charge in [-0.1, -0.05) is 6.42 Å². The number of aliphatic carboxylic acids is 1. The predicted molar refractivity (Wildman–Crippen MR) is 71.7 cm³/mol. The molecule has 3 N–H and O–H groups in total. The number of hydrogen-bond acceptors (Lipinski definition) is 3. The summed E-state index contributed by atoms with van der Waals surface area (Å²) in [7, 11) is 0. The first-order valence-electron chi connectivity index (χ1n) is 7.28. The van der Waals surface area contributed by atoms with Crippen molar-refractivity contribution in [3.8, 4) is 0 Å². The number of fused-ring (bicyclic) bond motifs is 2. The van der Waals surface area contributed by atoms with Crippen LogP contribution >= 0.6 is 0 Å². The van der Waals surface area contributed by atoms with E-state index >= 15 is 0 Å². The lowest BCUT2D eigenvalue weighted by Gasteiger charge is -2.28. The van der Waals surface area contributed by atoms with Crippen LogP contribution in [0.15, 0.2) is 0 Å². The lowest BCUT2D eigenvalue weighted by Crippen LogP contribution is -2.44. The fourth-order valence-corrected chi connectivity index (χ4v) is 3.72. The van der Waals surface area contributed by atoms with E-state index in [2.05, 4.69) is 17.6 Å². The number of rotatable bonds is 7. The fraction of sp³-hybridized carbons (Fsp3) is 0.857. The molecule has 2 aliphatic rings. The molecule has 0 aromatic carbocycles. The summed E-state index contributed by atoms with van der Waals surface area (Å²) in [6.45, 7) is 2.64. The number of hydrogen-bond donors (Lipinski definition) is 3. The Balaban J connectivity index is 1.63. The summed E-state index contributed by atoms with van der Waals surface area (Å²) in [5.74, 6) is 1.47. The molecule has 0 saturated heterocycles. The van der Waals surface area contributed by atoms with Gasteiger partial charge in [0.2, 0.25) is 5.91 Å². The van der Waals surface area contributed by atoms with Gasteiger partial charge >= 0.3 is 5.97 Å². The summed E-state index contributed by atoms with van der Waals surface area (Å²) in [5.41, 5.74) is 0. The van der Waals surface area contributed by atoms with Gasteiger partial charge in [-0.05, 0) is 43.9 Å². The standard InChI is InChI=1S/C14H24N2O3/c1-9(12-7-10-2-3-11(12)6-10)16-13(17)8-15-5-4-14(18)19/h9-12,15H,2-8H2,1H3,(H,16,17)(H,18,19). The van der Waals surface area contributed by atoms with Gasteiger partial charge in [0.25, 0.3) is 0 Å². The van der Waals surface area contributed by atoms with E-state index in [4.69, 9.17) is 5.11 Å². The van der Waals surface area contributed by atoms with Gasteiger partial charge in [-0.2, -0.15) is 0 Å². The van der Waals surface area contributed by atoms with E-state index < -0.39 is 5.97 Å². The van der Waals surface area contributed by atoms with E-state index in [1.54, 1.807) is 0 Å². The Labute approximate surface area is 114 Å². The van der Waals surface area contributed by atoms with Crippen LogP contribution in [0, 0.1) is 17.8 Å². The minimum atomic E-state index is -0.844. The first-order valence-corrected chi connectivity index (χ1v) is 7.28. The maximum atomic E-state index is 11.7. The van der Waals surface area contributed by atoms with E-state index in [9.17, 15) is 9.59 Å². The molecule has 0 heterocycles. The quantitative estimate of drug-likeness (QED) is 0.602. The SMILES string of the molecule is CC(NC(=O)CNCCC(=O)O)C1CC2CCC1C2. The highest BCUT2D eigenvalue weighted by Crippen LogP contribution is 2.49. The van der Waals surface area contributed by atoms with Crippen molar-refractivity contribution in [3.63, 3.8) is 0 Å². The van der Waals surface area contributed by atoms with Gasteiger partial charge in [0.15, 0.2) is 0 Å². The highest BCUT2D eigenvalue weighted by molar-refractivity contribution is 5.78. The van der Waals surface area contributed by atoms with Crippen molar-refractivity contribution in [2.24, 2.45) is 17.8 Å². The second-order valence-electron chi connectivity index (χ2n) is 6.02. The highest BCUT2D eigenvalue weighted by atomic mass is 16.4. The maximum Gasteiger partial charge on any atom is 0.304 e. The van der Waals surface area contributed by atoms with Crippen molar-refractivity contribution in [1.82, 2.24) is 10.6 Å². The Hall–Kier alpha value is -1.10. The molecule has 0 radical (unpaired) electrons. The monoisotopic (exact) mass is 268 g/mol. The topological polar surface area (TPSA) is 78.4 Å². The first-order chi connectivity index (χ1) is 9.06. The second kappa shape index (κ2) is 6.37. The molecule has 4 unspecified atom stereocenters. The van der Waals surface area contributed by atoms with Crippen molar-refractivity contribution >= 4 is 11.9 Å². The molecule has 1 amide bonds. The third-order valence-corrected chi connectivity index (χ3v) is 4.62. The Bertz CT molecular complexity index is 346. The molecule has 0 aromatic rings.